The fraction of sp³-hybridized carbons (Fsp3) is 0.778. The van der Waals surface area contributed by atoms with Crippen molar-refractivity contribution in [3.05, 3.63) is 12.7 Å². The zero-order valence-corrected chi connectivity index (χ0v) is 7.15. The molecule has 0 fully saturated rings. The van der Waals surface area contributed by atoms with E-state index in [1.165, 1.54) is 0 Å². The molecule has 0 aliphatic heterocycles. The molecule has 0 rings (SSSR count). The molecule has 0 bridgehead atoms. The molecule has 0 aliphatic carbocycles. The van der Waals surface area contributed by atoms with Crippen LogP contribution in [-0.4, -0.2) is 5.67 Å². The molecule has 0 radical (unpaired) electrons. The van der Waals surface area contributed by atoms with E-state index in [4.69, 9.17) is 0 Å². The molecule has 1 heteroatoms. The van der Waals surface area contributed by atoms with Crippen molar-refractivity contribution in [3.63, 3.8) is 0 Å². The van der Waals surface area contributed by atoms with Crippen molar-refractivity contribution in [2.75, 3.05) is 0 Å². The summed E-state index contributed by atoms with van der Waals surface area (Å²) in [6, 6.07) is 0. The van der Waals surface area contributed by atoms with Gasteiger partial charge >= 0.3 is 0 Å². The summed E-state index contributed by atoms with van der Waals surface area (Å²) in [6.07, 6.45) is 3.63. The van der Waals surface area contributed by atoms with Crippen LogP contribution in [-0.2, 0) is 0 Å². The first kappa shape index (κ1) is 9.67. The summed E-state index contributed by atoms with van der Waals surface area (Å²) in [5.41, 5.74) is -1.10. The summed E-state index contributed by atoms with van der Waals surface area (Å²) < 4.78 is 13.2. The van der Waals surface area contributed by atoms with Gasteiger partial charge in [0.1, 0.15) is 5.67 Å². The van der Waals surface area contributed by atoms with Crippen LogP contribution in [0.2, 0.25) is 0 Å². The average molecular weight is 144 g/mol. The highest BCUT2D eigenvalue weighted by Gasteiger charge is 2.24. The lowest BCUT2D eigenvalue weighted by atomic mass is 9.89. The van der Waals surface area contributed by atoms with Crippen LogP contribution in [0, 0.1) is 5.92 Å². The highest BCUT2D eigenvalue weighted by Crippen LogP contribution is 2.26. The molecule has 0 spiro atoms. The largest absolute Gasteiger partial charge is 0.244 e. The topological polar surface area (TPSA) is 0 Å². The highest BCUT2D eigenvalue weighted by atomic mass is 19.1. The third kappa shape index (κ3) is 3.00. The quantitative estimate of drug-likeness (QED) is 0.531. The predicted octanol–water partition coefficient (Wildman–Crippen LogP) is 3.34. The molecule has 60 valence electrons. The lowest BCUT2D eigenvalue weighted by molar-refractivity contribution is 0.147. The number of halogens is 1. The van der Waals surface area contributed by atoms with Crippen LogP contribution in [0.4, 0.5) is 4.39 Å². The number of hydrogen-bond donors (Lipinski definition) is 0. The van der Waals surface area contributed by atoms with Crippen molar-refractivity contribution in [1.82, 2.24) is 0 Å². The van der Waals surface area contributed by atoms with E-state index in [0.717, 1.165) is 12.8 Å². The second-order valence-corrected chi connectivity index (χ2v) is 3.20. The summed E-state index contributed by atoms with van der Waals surface area (Å²) in [5.74, 6) is 0.0116. The minimum absolute atomic E-state index is 0.0116. The molecular weight excluding hydrogens is 127 g/mol. The normalized spacial score (nSPS) is 14.8. The van der Waals surface area contributed by atoms with Gasteiger partial charge in [-0.3, -0.25) is 0 Å². The summed E-state index contributed by atoms with van der Waals surface area (Å²) in [7, 11) is 0. The molecule has 1 atom stereocenters. The second kappa shape index (κ2) is 3.75. The van der Waals surface area contributed by atoms with Crippen molar-refractivity contribution in [2.24, 2.45) is 5.92 Å². The van der Waals surface area contributed by atoms with E-state index in [1.807, 2.05) is 0 Å². The van der Waals surface area contributed by atoms with Gasteiger partial charge in [0.25, 0.3) is 0 Å². The van der Waals surface area contributed by atoms with Gasteiger partial charge in [-0.15, -0.1) is 6.58 Å². The van der Waals surface area contributed by atoms with Crippen LogP contribution in [0.5, 0.6) is 0 Å². The molecule has 0 saturated heterocycles. The zero-order valence-electron chi connectivity index (χ0n) is 7.15. The van der Waals surface area contributed by atoms with Gasteiger partial charge < -0.3 is 0 Å². The molecule has 0 saturated carbocycles. The van der Waals surface area contributed by atoms with E-state index in [0.29, 0.717) is 0 Å². The zero-order chi connectivity index (χ0) is 8.20. The van der Waals surface area contributed by atoms with Gasteiger partial charge in [-0.05, 0) is 20.3 Å². The smallest absolute Gasteiger partial charge is 0.111 e. The van der Waals surface area contributed by atoms with Gasteiger partial charge in [0, 0.05) is 5.92 Å². The minimum Gasteiger partial charge on any atom is -0.244 e. The third-order valence-corrected chi connectivity index (χ3v) is 1.77. The maximum atomic E-state index is 13.2. The molecule has 1 unspecified atom stereocenters. The van der Waals surface area contributed by atoms with E-state index in [2.05, 4.69) is 13.5 Å². The van der Waals surface area contributed by atoms with E-state index in [9.17, 15) is 4.39 Å². The SMILES string of the molecule is C=CC(CCC)C(C)(C)F. The monoisotopic (exact) mass is 144 g/mol. The Kier molecular flexibility index (Phi) is 3.62. The Morgan fingerprint density at radius 1 is 1.60 bits per heavy atom. The molecular formula is C9H17F. The summed E-state index contributed by atoms with van der Waals surface area (Å²) in [4.78, 5) is 0. The maximum absolute atomic E-state index is 13.2. The second-order valence-electron chi connectivity index (χ2n) is 3.20. The van der Waals surface area contributed by atoms with Crippen molar-refractivity contribution in [1.29, 1.82) is 0 Å². The number of rotatable bonds is 4. The molecule has 0 aromatic heterocycles. The number of hydrogen-bond acceptors (Lipinski definition) is 0. The fourth-order valence-corrected chi connectivity index (χ4v) is 1.05. The van der Waals surface area contributed by atoms with Crippen molar-refractivity contribution in [2.45, 2.75) is 39.3 Å². The lowest BCUT2D eigenvalue weighted by Gasteiger charge is -2.22. The Balaban J connectivity index is 3.93. The first-order valence-electron chi connectivity index (χ1n) is 3.83. The third-order valence-electron chi connectivity index (χ3n) is 1.77. The Hall–Kier alpha value is -0.330. The molecule has 0 N–H and O–H groups in total. The van der Waals surface area contributed by atoms with Crippen molar-refractivity contribution in [3.8, 4) is 0 Å². The number of alkyl halides is 1. The van der Waals surface area contributed by atoms with E-state index < -0.39 is 5.67 Å². The summed E-state index contributed by atoms with van der Waals surface area (Å²) in [6.45, 7) is 8.88. The Bertz CT molecular complexity index is 99.8. The van der Waals surface area contributed by atoms with Crippen LogP contribution in [0.1, 0.15) is 33.6 Å². The van der Waals surface area contributed by atoms with Gasteiger partial charge in [0.2, 0.25) is 0 Å². The Labute approximate surface area is 63.1 Å². The van der Waals surface area contributed by atoms with Crippen molar-refractivity contribution < 1.29 is 4.39 Å². The molecule has 10 heavy (non-hydrogen) atoms. The molecule has 0 aromatic rings. The molecule has 0 heterocycles. The summed E-state index contributed by atoms with van der Waals surface area (Å²) in [5, 5.41) is 0. The molecule has 0 aromatic carbocycles. The van der Waals surface area contributed by atoms with Gasteiger partial charge in [-0.1, -0.05) is 19.4 Å². The lowest BCUT2D eigenvalue weighted by Crippen LogP contribution is -2.23. The van der Waals surface area contributed by atoms with Gasteiger partial charge in [0.15, 0.2) is 0 Å². The Morgan fingerprint density at radius 3 is 2.20 bits per heavy atom. The highest BCUT2D eigenvalue weighted by molar-refractivity contribution is 4.90. The van der Waals surface area contributed by atoms with E-state index >= 15 is 0 Å². The Morgan fingerprint density at radius 2 is 2.10 bits per heavy atom. The standard InChI is InChI=1S/C9H17F/c1-5-7-8(6-2)9(3,4)10/h6,8H,2,5,7H2,1,3-4H3. The van der Waals surface area contributed by atoms with E-state index in [-0.39, 0.29) is 5.92 Å². The molecule has 0 nitrogen and oxygen atoms in total. The first-order valence-corrected chi connectivity index (χ1v) is 3.83. The molecule has 0 amide bonds. The van der Waals surface area contributed by atoms with Crippen molar-refractivity contribution >= 4 is 0 Å². The van der Waals surface area contributed by atoms with Crippen LogP contribution in [0.25, 0.3) is 0 Å². The number of allylic oxidation sites excluding steroid dienone is 1. The van der Waals surface area contributed by atoms with Crippen LogP contribution in [0.15, 0.2) is 12.7 Å². The van der Waals surface area contributed by atoms with Gasteiger partial charge in [-0.25, -0.2) is 4.39 Å². The van der Waals surface area contributed by atoms with Crippen LogP contribution < -0.4 is 0 Å². The molecule has 0 aliphatic rings. The maximum Gasteiger partial charge on any atom is 0.111 e. The van der Waals surface area contributed by atoms with Gasteiger partial charge in [-0.2, -0.15) is 0 Å². The summed E-state index contributed by atoms with van der Waals surface area (Å²) >= 11 is 0. The van der Waals surface area contributed by atoms with E-state index in [1.54, 1.807) is 19.9 Å². The average Bonchev–Trinajstić information content (AvgIpc) is 1.80. The fourth-order valence-electron chi connectivity index (χ4n) is 1.05. The minimum atomic E-state index is -1.10. The first-order chi connectivity index (χ1) is 4.52. The van der Waals surface area contributed by atoms with Crippen LogP contribution in [0.3, 0.4) is 0 Å². The van der Waals surface area contributed by atoms with Gasteiger partial charge in [0.05, 0.1) is 0 Å². The predicted molar refractivity (Wildman–Crippen MR) is 43.8 cm³/mol. The van der Waals surface area contributed by atoms with Crippen LogP contribution >= 0.6 is 0 Å².